The van der Waals surface area contributed by atoms with Crippen molar-refractivity contribution < 1.29 is 59.0 Å². The van der Waals surface area contributed by atoms with Crippen LogP contribution in [-0.4, -0.2) is 91.1 Å². The van der Waals surface area contributed by atoms with Gasteiger partial charge >= 0.3 is 0 Å². The summed E-state index contributed by atoms with van der Waals surface area (Å²) in [4.78, 5) is 79.3. The Morgan fingerprint density at radius 3 is 2.32 bits per heavy atom. The van der Waals surface area contributed by atoms with Gasteiger partial charge in [-0.25, -0.2) is 4.90 Å². The highest BCUT2D eigenvalue weighted by Gasteiger charge is 2.50. The molecule has 0 spiro atoms. The lowest BCUT2D eigenvalue weighted by molar-refractivity contribution is -0.151. The summed E-state index contributed by atoms with van der Waals surface area (Å²) in [6.07, 6.45) is -1.84. The molecule has 0 saturated heterocycles. The highest BCUT2D eigenvalue weighted by molar-refractivity contribution is 6.31. The van der Waals surface area contributed by atoms with Gasteiger partial charge in [0.05, 0.1) is 41.2 Å². The van der Waals surface area contributed by atoms with Gasteiger partial charge in [-0.2, -0.15) is 0 Å². The van der Waals surface area contributed by atoms with E-state index in [0.717, 1.165) is 17.1 Å². The van der Waals surface area contributed by atoms with Gasteiger partial charge in [-0.3, -0.25) is 28.8 Å². The molecule has 1 heterocycles. The molecular formula is C39H36N2O12. The van der Waals surface area contributed by atoms with Crippen LogP contribution in [0.1, 0.15) is 91.2 Å². The molecule has 0 bridgehead atoms. The third-order valence-corrected chi connectivity index (χ3v) is 10.8. The average Bonchev–Trinajstić information content (AvgIpc) is 3.47. The highest BCUT2D eigenvalue weighted by atomic mass is 16.5. The molecule has 1 unspecified atom stereocenters. The maximum absolute atomic E-state index is 13.9. The number of anilines is 1. The number of Topliss-reactive ketones (excluding diaryl/α,β-unsaturated/α-hetero) is 1. The van der Waals surface area contributed by atoms with Crippen LogP contribution in [0.2, 0.25) is 0 Å². The van der Waals surface area contributed by atoms with Gasteiger partial charge in [0, 0.05) is 52.8 Å². The third-order valence-electron chi connectivity index (χ3n) is 10.8. The van der Waals surface area contributed by atoms with E-state index in [4.69, 9.17) is 4.74 Å². The molecule has 1 saturated carbocycles. The number of ketones is 3. The Kier molecular flexibility index (Phi) is 8.89. The van der Waals surface area contributed by atoms with E-state index in [0.29, 0.717) is 5.56 Å². The van der Waals surface area contributed by atoms with Crippen LogP contribution in [0.5, 0.6) is 11.5 Å². The number of fused-ring (bicyclic) bond motifs is 3. The lowest BCUT2D eigenvalue weighted by atomic mass is 9.71. The van der Waals surface area contributed by atoms with Crippen LogP contribution in [0, 0.1) is 12.8 Å². The second kappa shape index (κ2) is 13.1. The molecule has 1 fully saturated rings. The molecule has 0 radical (unpaired) electrons. The molecule has 3 aliphatic carbocycles. The maximum Gasteiger partial charge on any atom is 0.258 e. The molecule has 6 N–H and O–H groups in total. The van der Waals surface area contributed by atoms with Gasteiger partial charge in [0.25, 0.3) is 17.7 Å². The van der Waals surface area contributed by atoms with Crippen molar-refractivity contribution in [1.29, 1.82) is 0 Å². The minimum atomic E-state index is -2.30. The van der Waals surface area contributed by atoms with Crippen LogP contribution in [0.25, 0.3) is 0 Å². The summed E-state index contributed by atoms with van der Waals surface area (Å²) >= 11 is 0. The van der Waals surface area contributed by atoms with Crippen LogP contribution in [-0.2, 0) is 25.5 Å². The molecule has 3 aromatic carbocycles. The van der Waals surface area contributed by atoms with E-state index < -0.39 is 113 Å². The number of aryl methyl sites for hydroxylation is 1. The number of carbonyl (C=O) groups is 6. The van der Waals surface area contributed by atoms with Gasteiger partial charge in [-0.05, 0) is 49.4 Å². The molecule has 7 rings (SSSR count). The summed E-state index contributed by atoms with van der Waals surface area (Å²) in [6.45, 7) is 2.30. The van der Waals surface area contributed by atoms with Gasteiger partial charge < -0.3 is 35.6 Å². The van der Waals surface area contributed by atoms with Crippen molar-refractivity contribution in [2.45, 2.75) is 69.5 Å². The number of benzene rings is 3. The first-order valence-corrected chi connectivity index (χ1v) is 17.1. The minimum absolute atomic E-state index is 0.00380. The monoisotopic (exact) mass is 724 g/mol. The van der Waals surface area contributed by atoms with Crippen LogP contribution < -0.4 is 10.2 Å². The van der Waals surface area contributed by atoms with E-state index in [-0.39, 0.29) is 46.3 Å². The Hall–Kier alpha value is -5.54. The van der Waals surface area contributed by atoms with Crippen LogP contribution in [0.3, 0.4) is 0 Å². The summed E-state index contributed by atoms with van der Waals surface area (Å²) in [5.41, 5.74) is -2.66. The normalized spacial score (nSPS) is 26.3. The molecule has 14 nitrogen and oxygen atoms in total. The number of imide groups is 1. The molecule has 53 heavy (non-hydrogen) atoms. The summed E-state index contributed by atoms with van der Waals surface area (Å²) in [6, 6.07) is 9.58. The second-order valence-electron chi connectivity index (χ2n) is 14.2. The summed E-state index contributed by atoms with van der Waals surface area (Å²) in [5, 5.41) is 58.6. The number of nitrogens with zero attached hydrogens (tertiary/aromatic N) is 1. The Morgan fingerprint density at radius 2 is 1.62 bits per heavy atom. The zero-order chi connectivity index (χ0) is 38.1. The lowest BCUT2D eigenvalue weighted by Crippen LogP contribution is -2.53. The maximum atomic E-state index is 13.9. The Balaban J connectivity index is 1.21. The molecular weight excluding hydrogens is 688 g/mol. The number of rotatable bonds is 7. The van der Waals surface area contributed by atoms with Crippen LogP contribution in [0.15, 0.2) is 54.6 Å². The highest BCUT2D eigenvalue weighted by Crippen LogP contribution is 2.52. The number of hydrogen-bond acceptors (Lipinski definition) is 12. The number of aliphatic hydroxyl groups excluding tert-OH is 2. The van der Waals surface area contributed by atoms with Gasteiger partial charge in [0.2, 0.25) is 0 Å². The summed E-state index contributed by atoms with van der Waals surface area (Å²) < 4.78 is 6.47. The fraction of sp³-hybridized carbons (Fsp3) is 0.333. The van der Waals surface area contributed by atoms with E-state index in [2.05, 4.69) is 5.32 Å². The summed E-state index contributed by atoms with van der Waals surface area (Å²) in [7, 11) is 0. The topological polar surface area (TPSA) is 228 Å². The average molecular weight is 725 g/mol. The first-order chi connectivity index (χ1) is 25.1. The Bertz CT molecular complexity index is 2160. The Labute approximate surface area is 302 Å². The molecule has 274 valence electrons. The van der Waals surface area contributed by atoms with Crippen molar-refractivity contribution in [3.05, 3.63) is 99.1 Å². The smallest absolute Gasteiger partial charge is 0.258 e. The first-order valence-electron chi connectivity index (χ1n) is 17.1. The van der Waals surface area contributed by atoms with Gasteiger partial charge in [0.15, 0.2) is 17.3 Å². The fourth-order valence-electron chi connectivity index (χ4n) is 8.08. The molecule has 3 amide bonds. The fourth-order valence-corrected chi connectivity index (χ4v) is 8.08. The van der Waals surface area contributed by atoms with E-state index in [1.54, 1.807) is 26.0 Å². The molecule has 0 aromatic heterocycles. The SMILES string of the molecule is Cc1cccc2c1C(=O)c1c(O)c3c(c(O)c1C2=O)C[C@@](O)(C(=O)CO)C[C@@H]3OC1C[C@@H](C)[C@@H](O)[C@@H](NC(=O)c2cccc(N3C(=O)C=CC3=O)c2)C1. The van der Waals surface area contributed by atoms with E-state index in [1.807, 2.05) is 0 Å². The lowest BCUT2D eigenvalue weighted by Gasteiger charge is -2.43. The molecule has 4 aliphatic rings. The van der Waals surface area contributed by atoms with E-state index in [9.17, 15) is 54.3 Å². The second-order valence-corrected chi connectivity index (χ2v) is 14.2. The van der Waals surface area contributed by atoms with Crippen molar-refractivity contribution in [1.82, 2.24) is 5.32 Å². The predicted molar refractivity (Wildman–Crippen MR) is 185 cm³/mol. The summed E-state index contributed by atoms with van der Waals surface area (Å²) in [5.74, 6) is -5.99. The number of aliphatic hydroxyl groups is 3. The number of phenols is 2. The number of carbonyl (C=O) groups excluding carboxylic acids is 6. The quantitative estimate of drug-likeness (QED) is 0.119. The minimum Gasteiger partial charge on any atom is -0.507 e. The van der Waals surface area contributed by atoms with Gasteiger partial charge in [-0.1, -0.05) is 31.2 Å². The third kappa shape index (κ3) is 5.83. The van der Waals surface area contributed by atoms with Gasteiger partial charge in [0.1, 0.15) is 23.7 Å². The number of ether oxygens (including phenoxy) is 1. The van der Waals surface area contributed by atoms with E-state index in [1.165, 1.54) is 30.3 Å². The number of hydrogen-bond donors (Lipinski definition) is 6. The number of aromatic hydroxyl groups is 2. The predicted octanol–water partition coefficient (Wildman–Crippen LogP) is 1.87. The van der Waals surface area contributed by atoms with Crippen molar-refractivity contribution >= 4 is 40.8 Å². The van der Waals surface area contributed by atoms with Crippen molar-refractivity contribution in [3.63, 3.8) is 0 Å². The molecule has 14 heteroatoms. The van der Waals surface area contributed by atoms with Crippen LogP contribution >= 0.6 is 0 Å². The largest absolute Gasteiger partial charge is 0.507 e. The Morgan fingerprint density at radius 1 is 0.943 bits per heavy atom. The number of nitrogens with one attached hydrogen (secondary N) is 1. The standard InChI is InChI=1S/C39H36N2O12/c1-17-5-3-8-22-29(17)36(49)32-31(34(22)47)35(48)23-14-39(52,26(43)16-42)15-25(30(23)37(32)50)53-21-11-18(2)33(46)24(13-21)40-38(51)19-6-4-7-20(12-19)41-27(44)9-10-28(41)45/h3-10,12,18,21,24-25,33,42,46,48,50,52H,11,13-16H2,1-2H3,(H,40,51)/t18-,21?,24+,25+,33-,39+/m1/s1. The van der Waals surface area contributed by atoms with Crippen molar-refractivity contribution in [2.75, 3.05) is 11.5 Å². The number of amides is 3. The molecule has 3 aromatic rings. The first kappa shape index (κ1) is 35.8. The van der Waals surface area contributed by atoms with Gasteiger partial charge in [-0.15, -0.1) is 0 Å². The van der Waals surface area contributed by atoms with Crippen molar-refractivity contribution in [3.8, 4) is 11.5 Å². The van der Waals surface area contributed by atoms with E-state index >= 15 is 0 Å². The zero-order valence-corrected chi connectivity index (χ0v) is 28.7. The number of phenolic OH excluding ortho intramolecular Hbond substituents is 2. The molecule has 6 atom stereocenters. The van der Waals surface area contributed by atoms with Crippen molar-refractivity contribution in [2.24, 2.45) is 5.92 Å². The van der Waals surface area contributed by atoms with Crippen LogP contribution in [0.4, 0.5) is 5.69 Å². The molecule has 1 aliphatic heterocycles. The zero-order valence-electron chi connectivity index (χ0n) is 28.7.